The van der Waals surface area contributed by atoms with Gasteiger partial charge in [0, 0.05) is 22.1 Å². The summed E-state index contributed by atoms with van der Waals surface area (Å²) in [6.45, 7) is 4.50. The van der Waals surface area contributed by atoms with Crippen LogP contribution in [0, 0.1) is 6.92 Å². The number of aromatic nitrogens is 1. The molecule has 4 heteroatoms. The molecule has 0 aliphatic heterocycles. The zero-order valence-electron chi connectivity index (χ0n) is 15.3. The molecule has 0 saturated heterocycles. The molecule has 1 heterocycles. The van der Waals surface area contributed by atoms with E-state index in [9.17, 15) is 4.79 Å². The van der Waals surface area contributed by atoms with Gasteiger partial charge in [0.2, 0.25) is 0 Å². The molecule has 1 unspecified atom stereocenters. The normalized spacial score (nSPS) is 19.2. The molecule has 1 amide bonds. The number of hydrogen-bond acceptors (Lipinski definition) is 2. The van der Waals surface area contributed by atoms with Gasteiger partial charge in [-0.05, 0) is 55.9 Å². The van der Waals surface area contributed by atoms with Crippen LogP contribution in [0.1, 0.15) is 35.7 Å². The number of ether oxygens (including phenoxy) is 1. The van der Waals surface area contributed by atoms with E-state index in [-0.39, 0.29) is 11.6 Å². The van der Waals surface area contributed by atoms with E-state index in [1.165, 1.54) is 27.7 Å². The smallest absolute Gasteiger partial charge is 0.407 e. The summed E-state index contributed by atoms with van der Waals surface area (Å²) in [5, 5.41) is 4.36. The molecule has 26 heavy (non-hydrogen) atoms. The Bertz CT molecular complexity index is 945. The maximum atomic E-state index is 12.3. The minimum Gasteiger partial charge on any atom is -0.445 e. The summed E-state index contributed by atoms with van der Waals surface area (Å²) in [6.07, 6.45) is 2.28. The summed E-state index contributed by atoms with van der Waals surface area (Å²) < 4.78 is 5.41. The van der Waals surface area contributed by atoms with Crippen molar-refractivity contribution in [1.29, 1.82) is 0 Å². The van der Waals surface area contributed by atoms with Crippen molar-refractivity contribution in [2.45, 2.75) is 45.3 Å². The van der Waals surface area contributed by atoms with Crippen molar-refractivity contribution in [3.05, 3.63) is 70.9 Å². The maximum absolute atomic E-state index is 12.3. The summed E-state index contributed by atoms with van der Waals surface area (Å²) in [6, 6.07) is 16.3. The van der Waals surface area contributed by atoms with Gasteiger partial charge < -0.3 is 15.0 Å². The number of aromatic amines is 1. The van der Waals surface area contributed by atoms with E-state index < -0.39 is 0 Å². The van der Waals surface area contributed by atoms with Crippen LogP contribution in [0.4, 0.5) is 4.79 Å². The predicted octanol–water partition coefficient (Wildman–Crippen LogP) is 4.65. The van der Waals surface area contributed by atoms with Crippen molar-refractivity contribution < 1.29 is 9.53 Å². The quantitative estimate of drug-likeness (QED) is 0.724. The molecule has 134 valence electrons. The lowest BCUT2D eigenvalue weighted by atomic mass is 9.81. The molecule has 3 aromatic rings. The third kappa shape index (κ3) is 3.32. The highest BCUT2D eigenvalue weighted by atomic mass is 16.5. The van der Waals surface area contributed by atoms with Crippen LogP contribution in [0.2, 0.25) is 0 Å². The van der Waals surface area contributed by atoms with Crippen LogP contribution < -0.4 is 5.32 Å². The number of carbonyl (C=O) groups excluding carboxylic acids is 1. The highest BCUT2D eigenvalue weighted by molar-refractivity contribution is 5.86. The first kappa shape index (κ1) is 16.7. The van der Waals surface area contributed by atoms with Crippen LogP contribution in [0.25, 0.3) is 10.9 Å². The number of H-pyrrole nitrogens is 1. The summed E-state index contributed by atoms with van der Waals surface area (Å²) >= 11 is 0. The standard InChI is InChI=1S/C22H24N2O2/c1-15-8-9-17-18-13-22(2,11-10-19(18)23-20(17)12-15)24-21(25)26-14-16-6-4-3-5-7-16/h3-9,12,23H,10-11,13-14H2,1-2H3,(H,24,25). The van der Waals surface area contributed by atoms with Crippen molar-refractivity contribution in [3.63, 3.8) is 0 Å². The molecule has 2 aromatic carbocycles. The van der Waals surface area contributed by atoms with Gasteiger partial charge in [-0.15, -0.1) is 0 Å². The second kappa shape index (κ2) is 6.52. The fourth-order valence-corrected chi connectivity index (χ4v) is 3.83. The number of carbonyl (C=O) groups is 1. The highest BCUT2D eigenvalue weighted by Gasteiger charge is 2.33. The minimum atomic E-state index is -0.351. The van der Waals surface area contributed by atoms with Gasteiger partial charge in [0.1, 0.15) is 6.61 Å². The Morgan fingerprint density at radius 1 is 1.23 bits per heavy atom. The average molecular weight is 348 g/mol. The lowest BCUT2D eigenvalue weighted by molar-refractivity contribution is 0.125. The Labute approximate surface area is 153 Å². The van der Waals surface area contributed by atoms with Crippen molar-refractivity contribution in [2.75, 3.05) is 0 Å². The first-order chi connectivity index (χ1) is 12.5. The maximum Gasteiger partial charge on any atom is 0.407 e. The number of benzene rings is 2. The lowest BCUT2D eigenvalue weighted by Gasteiger charge is -2.34. The van der Waals surface area contributed by atoms with Gasteiger partial charge >= 0.3 is 6.09 Å². The second-order valence-electron chi connectivity index (χ2n) is 7.56. The molecular weight excluding hydrogens is 324 g/mol. The van der Waals surface area contributed by atoms with E-state index in [4.69, 9.17) is 4.74 Å². The van der Waals surface area contributed by atoms with Crippen LogP contribution in [0.3, 0.4) is 0 Å². The summed E-state index contributed by atoms with van der Waals surface area (Å²) in [5.41, 5.74) is 5.75. The molecule has 1 aliphatic rings. The Morgan fingerprint density at radius 2 is 2.04 bits per heavy atom. The Morgan fingerprint density at radius 3 is 2.85 bits per heavy atom. The molecule has 0 radical (unpaired) electrons. The molecule has 4 nitrogen and oxygen atoms in total. The van der Waals surface area contributed by atoms with Crippen LogP contribution in [0.15, 0.2) is 48.5 Å². The minimum absolute atomic E-state index is 0.291. The van der Waals surface area contributed by atoms with Crippen molar-refractivity contribution in [2.24, 2.45) is 0 Å². The summed E-state index contributed by atoms with van der Waals surface area (Å²) in [7, 11) is 0. The SMILES string of the molecule is Cc1ccc2c3c([nH]c2c1)CCC(C)(NC(=O)OCc1ccccc1)C3. The average Bonchev–Trinajstić information content (AvgIpc) is 2.97. The van der Waals surface area contributed by atoms with E-state index in [0.29, 0.717) is 6.61 Å². The monoisotopic (exact) mass is 348 g/mol. The molecule has 1 aliphatic carbocycles. The van der Waals surface area contributed by atoms with Gasteiger partial charge in [-0.2, -0.15) is 0 Å². The van der Waals surface area contributed by atoms with Crippen molar-refractivity contribution >= 4 is 17.0 Å². The Kier molecular flexibility index (Phi) is 4.19. The number of aryl methyl sites for hydroxylation is 2. The lowest BCUT2D eigenvalue weighted by Crippen LogP contribution is -2.49. The number of alkyl carbamates (subject to hydrolysis) is 1. The van der Waals surface area contributed by atoms with Crippen LogP contribution in [0.5, 0.6) is 0 Å². The summed E-state index contributed by atoms with van der Waals surface area (Å²) in [5.74, 6) is 0. The first-order valence-electron chi connectivity index (χ1n) is 9.11. The largest absolute Gasteiger partial charge is 0.445 e. The van der Waals surface area contributed by atoms with Crippen LogP contribution >= 0.6 is 0 Å². The molecule has 0 spiro atoms. The fourth-order valence-electron chi connectivity index (χ4n) is 3.83. The van der Waals surface area contributed by atoms with E-state index in [0.717, 1.165) is 24.8 Å². The van der Waals surface area contributed by atoms with E-state index >= 15 is 0 Å². The van der Waals surface area contributed by atoms with E-state index in [2.05, 4.69) is 42.3 Å². The number of nitrogens with one attached hydrogen (secondary N) is 2. The van der Waals surface area contributed by atoms with Gasteiger partial charge in [-0.1, -0.05) is 42.5 Å². The van der Waals surface area contributed by atoms with Crippen LogP contribution in [-0.4, -0.2) is 16.6 Å². The number of rotatable bonds is 3. The zero-order valence-corrected chi connectivity index (χ0v) is 15.3. The van der Waals surface area contributed by atoms with E-state index in [1.54, 1.807) is 0 Å². The molecule has 0 saturated carbocycles. The number of amides is 1. The topological polar surface area (TPSA) is 54.1 Å². The van der Waals surface area contributed by atoms with E-state index in [1.807, 2.05) is 30.3 Å². The Balaban J connectivity index is 1.46. The van der Waals surface area contributed by atoms with Crippen molar-refractivity contribution in [1.82, 2.24) is 10.3 Å². The van der Waals surface area contributed by atoms with Gasteiger partial charge in [-0.25, -0.2) is 4.79 Å². The molecule has 0 bridgehead atoms. The molecular formula is C22H24N2O2. The molecule has 1 atom stereocenters. The summed E-state index contributed by atoms with van der Waals surface area (Å²) in [4.78, 5) is 15.9. The number of fused-ring (bicyclic) bond motifs is 3. The second-order valence-corrected chi connectivity index (χ2v) is 7.56. The molecule has 4 rings (SSSR count). The third-order valence-electron chi connectivity index (χ3n) is 5.26. The van der Waals surface area contributed by atoms with Crippen LogP contribution in [-0.2, 0) is 24.2 Å². The molecule has 1 aromatic heterocycles. The highest BCUT2D eigenvalue weighted by Crippen LogP contribution is 2.34. The van der Waals surface area contributed by atoms with Crippen molar-refractivity contribution in [3.8, 4) is 0 Å². The fraction of sp³-hybridized carbons (Fsp3) is 0.318. The third-order valence-corrected chi connectivity index (χ3v) is 5.26. The first-order valence-corrected chi connectivity index (χ1v) is 9.11. The molecule has 2 N–H and O–H groups in total. The number of hydrogen-bond donors (Lipinski definition) is 2. The van der Waals surface area contributed by atoms with Gasteiger partial charge in [0.05, 0.1) is 0 Å². The van der Waals surface area contributed by atoms with Gasteiger partial charge in [0.25, 0.3) is 0 Å². The zero-order chi connectivity index (χ0) is 18.1. The molecule has 0 fully saturated rings. The van der Waals surface area contributed by atoms with Gasteiger partial charge in [0.15, 0.2) is 0 Å². The predicted molar refractivity (Wildman–Crippen MR) is 103 cm³/mol. The Hall–Kier alpha value is -2.75. The van der Waals surface area contributed by atoms with Gasteiger partial charge in [-0.3, -0.25) is 0 Å².